The average Bonchev–Trinajstić information content (AvgIpc) is 2.97. The van der Waals surface area contributed by atoms with E-state index in [4.69, 9.17) is 0 Å². The van der Waals surface area contributed by atoms with Crippen LogP contribution in [0.15, 0.2) is 0 Å². The van der Waals surface area contributed by atoms with Crippen molar-refractivity contribution in [2.24, 2.45) is 17.8 Å². The molecular weight excluding hydrogens is 258 g/mol. The van der Waals surface area contributed by atoms with E-state index in [1.807, 2.05) is 6.92 Å². The smallest absolute Gasteiger partial charge is 0.308 e. The van der Waals surface area contributed by atoms with Gasteiger partial charge in [-0.25, -0.2) is 4.68 Å². The molecule has 1 saturated heterocycles. The fourth-order valence-electron chi connectivity index (χ4n) is 2.93. The zero-order chi connectivity index (χ0) is 14.7. The summed E-state index contributed by atoms with van der Waals surface area (Å²) in [5.74, 6) is 0.576. The van der Waals surface area contributed by atoms with E-state index < -0.39 is 5.97 Å². The fraction of sp³-hybridized carbons (Fsp3) is 0.846. The molecule has 7 heteroatoms. The summed E-state index contributed by atoms with van der Waals surface area (Å²) in [6.07, 6.45) is 0.934. The van der Waals surface area contributed by atoms with Gasteiger partial charge in [0.2, 0.25) is 0 Å². The Kier molecular flexibility index (Phi) is 4.69. The molecule has 1 fully saturated rings. The van der Waals surface area contributed by atoms with Gasteiger partial charge in [0.15, 0.2) is 0 Å². The van der Waals surface area contributed by atoms with Crippen LogP contribution in [0.5, 0.6) is 0 Å². The highest BCUT2D eigenvalue weighted by Crippen LogP contribution is 2.29. The molecule has 2 atom stereocenters. The molecule has 2 heterocycles. The number of hydrogen-bond donors (Lipinski definition) is 1. The summed E-state index contributed by atoms with van der Waals surface area (Å²) >= 11 is 0. The molecule has 0 amide bonds. The first-order valence-corrected chi connectivity index (χ1v) is 7.17. The lowest BCUT2D eigenvalue weighted by atomic mass is 9.86. The highest BCUT2D eigenvalue weighted by molar-refractivity contribution is 5.71. The number of nitrogens with zero attached hydrogens (tertiary/aromatic N) is 5. The van der Waals surface area contributed by atoms with Crippen LogP contribution in [-0.4, -0.2) is 55.8 Å². The summed E-state index contributed by atoms with van der Waals surface area (Å²) in [5.41, 5.74) is 0. The lowest BCUT2D eigenvalue weighted by Crippen LogP contribution is -2.25. The number of carbonyl (C=O) groups is 1. The minimum atomic E-state index is -0.664. The Morgan fingerprint density at radius 3 is 2.65 bits per heavy atom. The molecule has 0 saturated carbocycles. The molecule has 112 valence electrons. The molecule has 1 aromatic heterocycles. The zero-order valence-electron chi connectivity index (χ0n) is 12.4. The number of hydrogen-bond acceptors (Lipinski definition) is 5. The van der Waals surface area contributed by atoms with E-state index in [1.54, 1.807) is 4.68 Å². The SMILES string of the molecule is Cc1nnnn1CCCN1C[C@@H](C(=O)O)[C@H](C(C)C)C1. The second-order valence-corrected chi connectivity index (χ2v) is 5.91. The van der Waals surface area contributed by atoms with Crippen LogP contribution in [0.2, 0.25) is 0 Å². The second kappa shape index (κ2) is 6.30. The Morgan fingerprint density at radius 1 is 1.40 bits per heavy atom. The maximum Gasteiger partial charge on any atom is 0.308 e. The van der Waals surface area contributed by atoms with E-state index in [-0.39, 0.29) is 11.8 Å². The molecule has 0 spiro atoms. The second-order valence-electron chi connectivity index (χ2n) is 5.91. The standard InChI is InChI=1S/C13H23N5O2/c1-9(2)11-7-17(8-12(11)13(19)20)5-4-6-18-10(3)14-15-16-18/h9,11-12H,4-8H2,1-3H3,(H,19,20)/t11-,12+/m0/s1. The number of carboxylic acid groups (broad SMARTS) is 1. The molecule has 0 aliphatic carbocycles. The maximum atomic E-state index is 11.3. The molecule has 0 unspecified atom stereocenters. The van der Waals surface area contributed by atoms with E-state index in [0.29, 0.717) is 12.5 Å². The molecule has 1 N–H and O–H groups in total. The molecule has 7 nitrogen and oxygen atoms in total. The third kappa shape index (κ3) is 3.33. The van der Waals surface area contributed by atoms with Gasteiger partial charge in [0.25, 0.3) is 0 Å². The van der Waals surface area contributed by atoms with Crippen LogP contribution >= 0.6 is 0 Å². The topological polar surface area (TPSA) is 84.1 Å². The number of tetrazole rings is 1. The lowest BCUT2D eigenvalue weighted by molar-refractivity contribution is -0.143. The number of aliphatic carboxylic acids is 1. The number of aromatic nitrogens is 4. The van der Waals surface area contributed by atoms with E-state index in [9.17, 15) is 9.90 Å². The molecular formula is C13H23N5O2. The Labute approximate surface area is 119 Å². The lowest BCUT2D eigenvalue weighted by Gasteiger charge is -2.18. The monoisotopic (exact) mass is 281 g/mol. The van der Waals surface area contributed by atoms with Crippen LogP contribution in [0.25, 0.3) is 0 Å². The predicted molar refractivity (Wildman–Crippen MR) is 73.1 cm³/mol. The van der Waals surface area contributed by atoms with Gasteiger partial charge >= 0.3 is 5.97 Å². The quantitative estimate of drug-likeness (QED) is 0.824. The summed E-state index contributed by atoms with van der Waals surface area (Å²) < 4.78 is 1.78. The van der Waals surface area contributed by atoms with E-state index >= 15 is 0 Å². The third-order valence-electron chi connectivity index (χ3n) is 4.17. The van der Waals surface area contributed by atoms with Crippen LogP contribution in [0.3, 0.4) is 0 Å². The fourth-order valence-corrected chi connectivity index (χ4v) is 2.93. The van der Waals surface area contributed by atoms with Crippen molar-refractivity contribution >= 4 is 5.97 Å². The first-order chi connectivity index (χ1) is 9.49. The van der Waals surface area contributed by atoms with Crippen molar-refractivity contribution < 1.29 is 9.90 Å². The zero-order valence-corrected chi connectivity index (χ0v) is 12.4. The van der Waals surface area contributed by atoms with Crippen LogP contribution in [0, 0.1) is 24.7 Å². The van der Waals surface area contributed by atoms with Crippen LogP contribution in [0.1, 0.15) is 26.1 Å². The van der Waals surface area contributed by atoms with Gasteiger partial charge < -0.3 is 10.0 Å². The summed E-state index contributed by atoms with van der Waals surface area (Å²) in [6, 6.07) is 0. The molecule has 0 aromatic carbocycles. The number of aryl methyl sites for hydroxylation is 2. The van der Waals surface area contributed by atoms with Crippen molar-refractivity contribution in [1.82, 2.24) is 25.1 Å². The largest absolute Gasteiger partial charge is 0.481 e. The predicted octanol–water partition coefficient (Wildman–Crippen LogP) is 0.660. The van der Waals surface area contributed by atoms with Crippen molar-refractivity contribution in [2.45, 2.75) is 33.7 Å². The molecule has 1 aliphatic rings. The summed E-state index contributed by atoms with van der Waals surface area (Å²) in [7, 11) is 0. The van der Waals surface area contributed by atoms with Gasteiger partial charge in [0, 0.05) is 19.6 Å². The van der Waals surface area contributed by atoms with E-state index in [0.717, 1.165) is 31.9 Å². The van der Waals surface area contributed by atoms with Gasteiger partial charge in [0.05, 0.1) is 5.92 Å². The highest BCUT2D eigenvalue weighted by Gasteiger charge is 2.38. The number of carboxylic acids is 1. The maximum absolute atomic E-state index is 11.3. The Balaban J connectivity index is 1.82. The highest BCUT2D eigenvalue weighted by atomic mass is 16.4. The molecule has 20 heavy (non-hydrogen) atoms. The van der Waals surface area contributed by atoms with Gasteiger partial charge in [-0.3, -0.25) is 4.79 Å². The first-order valence-electron chi connectivity index (χ1n) is 7.17. The molecule has 0 bridgehead atoms. The van der Waals surface area contributed by atoms with Gasteiger partial charge in [0.1, 0.15) is 5.82 Å². The van der Waals surface area contributed by atoms with Gasteiger partial charge in [-0.2, -0.15) is 0 Å². The summed E-state index contributed by atoms with van der Waals surface area (Å²) in [4.78, 5) is 13.6. The molecule has 0 radical (unpaired) electrons. The Hall–Kier alpha value is -1.50. The van der Waals surface area contributed by atoms with Crippen molar-refractivity contribution in [3.63, 3.8) is 0 Å². The summed E-state index contributed by atoms with van der Waals surface area (Å²) in [6.45, 7) is 9.30. The minimum absolute atomic E-state index is 0.232. The normalized spacial score (nSPS) is 23.6. The van der Waals surface area contributed by atoms with Crippen LogP contribution in [0.4, 0.5) is 0 Å². The van der Waals surface area contributed by atoms with Gasteiger partial charge in [-0.15, -0.1) is 5.10 Å². The van der Waals surface area contributed by atoms with Crippen molar-refractivity contribution in [1.29, 1.82) is 0 Å². The minimum Gasteiger partial charge on any atom is -0.481 e. The summed E-state index contributed by atoms with van der Waals surface area (Å²) in [5, 5.41) is 20.7. The number of rotatable bonds is 6. The average molecular weight is 281 g/mol. The Bertz CT molecular complexity index is 459. The van der Waals surface area contributed by atoms with Crippen molar-refractivity contribution in [3.05, 3.63) is 5.82 Å². The van der Waals surface area contributed by atoms with E-state index in [2.05, 4.69) is 34.3 Å². The van der Waals surface area contributed by atoms with E-state index in [1.165, 1.54) is 0 Å². The van der Waals surface area contributed by atoms with Crippen LogP contribution in [-0.2, 0) is 11.3 Å². The molecule has 1 aromatic rings. The first kappa shape index (κ1) is 14.9. The number of likely N-dealkylation sites (tertiary alicyclic amines) is 1. The van der Waals surface area contributed by atoms with Crippen molar-refractivity contribution in [2.75, 3.05) is 19.6 Å². The van der Waals surface area contributed by atoms with Gasteiger partial charge in [-0.1, -0.05) is 13.8 Å². The third-order valence-corrected chi connectivity index (χ3v) is 4.17. The molecule has 1 aliphatic heterocycles. The van der Waals surface area contributed by atoms with Crippen LogP contribution < -0.4 is 0 Å². The molecule has 2 rings (SSSR count). The van der Waals surface area contributed by atoms with Gasteiger partial charge in [-0.05, 0) is 42.2 Å². The Morgan fingerprint density at radius 2 is 2.15 bits per heavy atom. The van der Waals surface area contributed by atoms with Crippen molar-refractivity contribution in [3.8, 4) is 0 Å².